The van der Waals surface area contributed by atoms with Crippen molar-refractivity contribution >= 4 is 21.6 Å². The van der Waals surface area contributed by atoms with Crippen molar-refractivity contribution < 1.29 is 4.74 Å². The molecule has 0 spiro atoms. The zero-order chi connectivity index (χ0) is 12.4. The standard InChI is InChI=1S/C14H19BrN2O/c15-13-3-1-2-4-14(13)17-7-5-11(9-17)16-12-6-8-18-10-12/h1-4,11-12,16H,5-10H2/t11-,12-/m0/s1. The highest BCUT2D eigenvalue weighted by Gasteiger charge is 2.27. The number of nitrogens with one attached hydrogen (secondary N) is 1. The Hall–Kier alpha value is -0.580. The van der Waals surface area contributed by atoms with Gasteiger partial charge in [-0.3, -0.25) is 0 Å². The summed E-state index contributed by atoms with van der Waals surface area (Å²) in [6.07, 6.45) is 2.38. The van der Waals surface area contributed by atoms with E-state index in [4.69, 9.17) is 4.74 Å². The van der Waals surface area contributed by atoms with Crippen LogP contribution in [0.1, 0.15) is 12.8 Å². The summed E-state index contributed by atoms with van der Waals surface area (Å²) in [6, 6.07) is 9.63. The minimum atomic E-state index is 0.564. The van der Waals surface area contributed by atoms with E-state index in [2.05, 4.69) is 50.4 Å². The average Bonchev–Trinajstić information content (AvgIpc) is 3.02. The Kier molecular flexibility index (Phi) is 3.87. The molecule has 2 saturated heterocycles. The summed E-state index contributed by atoms with van der Waals surface area (Å²) in [7, 11) is 0. The van der Waals surface area contributed by atoms with Crippen LogP contribution in [0.15, 0.2) is 28.7 Å². The second-order valence-electron chi connectivity index (χ2n) is 5.11. The lowest BCUT2D eigenvalue weighted by atomic mass is 10.2. The van der Waals surface area contributed by atoms with Gasteiger partial charge in [-0.15, -0.1) is 0 Å². The van der Waals surface area contributed by atoms with Gasteiger partial charge in [-0.1, -0.05) is 12.1 Å². The molecule has 0 amide bonds. The maximum Gasteiger partial charge on any atom is 0.0620 e. The SMILES string of the molecule is Brc1ccccc1N1CC[C@H](N[C@H]2CCOC2)C1. The van der Waals surface area contributed by atoms with Crippen molar-refractivity contribution in [3.8, 4) is 0 Å². The summed E-state index contributed by atoms with van der Waals surface area (Å²) in [4.78, 5) is 2.46. The molecule has 0 aromatic heterocycles. The Labute approximate surface area is 117 Å². The van der Waals surface area contributed by atoms with E-state index in [1.807, 2.05) is 0 Å². The van der Waals surface area contributed by atoms with Crippen LogP contribution in [-0.2, 0) is 4.74 Å². The molecule has 0 aliphatic carbocycles. The van der Waals surface area contributed by atoms with E-state index in [0.29, 0.717) is 12.1 Å². The second-order valence-corrected chi connectivity index (χ2v) is 5.96. The van der Waals surface area contributed by atoms with Crippen molar-refractivity contribution in [3.05, 3.63) is 28.7 Å². The summed E-state index contributed by atoms with van der Waals surface area (Å²) in [5.74, 6) is 0. The molecule has 2 atom stereocenters. The molecule has 3 nitrogen and oxygen atoms in total. The van der Waals surface area contributed by atoms with Crippen molar-refractivity contribution in [2.75, 3.05) is 31.2 Å². The monoisotopic (exact) mass is 310 g/mol. The maximum absolute atomic E-state index is 5.41. The largest absolute Gasteiger partial charge is 0.380 e. The number of hydrogen-bond donors (Lipinski definition) is 1. The van der Waals surface area contributed by atoms with Gasteiger partial charge in [0.2, 0.25) is 0 Å². The average molecular weight is 311 g/mol. The third-order valence-electron chi connectivity index (χ3n) is 3.78. The fraction of sp³-hybridized carbons (Fsp3) is 0.571. The first kappa shape index (κ1) is 12.5. The number of rotatable bonds is 3. The van der Waals surface area contributed by atoms with Crippen molar-refractivity contribution in [2.45, 2.75) is 24.9 Å². The van der Waals surface area contributed by atoms with E-state index in [1.54, 1.807) is 0 Å². The van der Waals surface area contributed by atoms with Gasteiger partial charge in [-0.05, 0) is 40.9 Å². The van der Waals surface area contributed by atoms with Crippen molar-refractivity contribution in [1.29, 1.82) is 0 Å². The molecule has 0 radical (unpaired) electrons. The van der Waals surface area contributed by atoms with Crippen LogP contribution in [0.3, 0.4) is 0 Å². The van der Waals surface area contributed by atoms with Gasteiger partial charge >= 0.3 is 0 Å². The molecule has 18 heavy (non-hydrogen) atoms. The van der Waals surface area contributed by atoms with E-state index in [0.717, 1.165) is 32.7 Å². The summed E-state index contributed by atoms with van der Waals surface area (Å²) in [6.45, 7) is 4.02. The van der Waals surface area contributed by atoms with Gasteiger partial charge in [0.1, 0.15) is 0 Å². The number of para-hydroxylation sites is 1. The molecule has 1 aromatic carbocycles. The summed E-state index contributed by atoms with van der Waals surface area (Å²) >= 11 is 3.63. The number of anilines is 1. The topological polar surface area (TPSA) is 24.5 Å². The van der Waals surface area contributed by atoms with Crippen LogP contribution in [0.2, 0.25) is 0 Å². The maximum atomic E-state index is 5.41. The molecule has 98 valence electrons. The number of halogens is 1. The van der Waals surface area contributed by atoms with E-state index in [9.17, 15) is 0 Å². The normalized spacial score (nSPS) is 27.9. The minimum Gasteiger partial charge on any atom is -0.380 e. The Balaban J connectivity index is 1.59. The fourth-order valence-corrected chi connectivity index (χ4v) is 3.36. The van der Waals surface area contributed by atoms with Gasteiger partial charge in [-0.2, -0.15) is 0 Å². The van der Waals surface area contributed by atoms with E-state index < -0.39 is 0 Å². The molecule has 1 aromatic rings. The molecule has 4 heteroatoms. The fourth-order valence-electron chi connectivity index (χ4n) is 2.82. The Morgan fingerprint density at radius 3 is 2.89 bits per heavy atom. The molecule has 0 saturated carbocycles. The molecule has 0 bridgehead atoms. The van der Waals surface area contributed by atoms with Gasteiger partial charge in [0, 0.05) is 36.3 Å². The van der Waals surface area contributed by atoms with Crippen LogP contribution in [-0.4, -0.2) is 38.4 Å². The molecule has 0 unspecified atom stereocenters. The Morgan fingerprint density at radius 1 is 1.22 bits per heavy atom. The lowest BCUT2D eigenvalue weighted by molar-refractivity contribution is 0.188. The Morgan fingerprint density at radius 2 is 2.11 bits per heavy atom. The molecule has 2 fully saturated rings. The number of hydrogen-bond acceptors (Lipinski definition) is 3. The van der Waals surface area contributed by atoms with Crippen LogP contribution in [0.5, 0.6) is 0 Å². The van der Waals surface area contributed by atoms with Gasteiger partial charge < -0.3 is 15.0 Å². The van der Waals surface area contributed by atoms with Crippen LogP contribution in [0, 0.1) is 0 Å². The highest BCUT2D eigenvalue weighted by Crippen LogP contribution is 2.28. The minimum absolute atomic E-state index is 0.564. The zero-order valence-corrected chi connectivity index (χ0v) is 12.0. The highest BCUT2D eigenvalue weighted by molar-refractivity contribution is 9.10. The van der Waals surface area contributed by atoms with Crippen LogP contribution in [0.25, 0.3) is 0 Å². The van der Waals surface area contributed by atoms with E-state index >= 15 is 0 Å². The van der Waals surface area contributed by atoms with E-state index in [1.165, 1.54) is 16.6 Å². The lowest BCUT2D eigenvalue weighted by Crippen LogP contribution is -2.40. The Bertz CT molecular complexity index is 407. The number of nitrogens with zero attached hydrogens (tertiary/aromatic N) is 1. The summed E-state index contributed by atoms with van der Waals surface area (Å²) < 4.78 is 6.60. The molecule has 3 rings (SSSR count). The first-order valence-corrected chi connectivity index (χ1v) is 7.45. The van der Waals surface area contributed by atoms with Gasteiger partial charge in [-0.25, -0.2) is 0 Å². The third-order valence-corrected chi connectivity index (χ3v) is 4.45. The van der Waals surface area contributed by atoms with E-state index in [-0.39, 0.29) is 0 Å². The second kappa shape index (κ2) is 5.59. The predicted octanol–water partition coefficient (Wildman–Crippen LogP) is 2.41. The van der Waals surface area contributed by atoms with Crippen LogP contribution >= 0.6 is 15.9 Å². The smallest absolute Gasteiger partial charge is 0.0620 e. The van der Waals surface area contributed by atoms with Gasteiger partial charge in [0.05, 0.1) is 12.3 Å². The molecular weight excluding hydrogens is 292 g/mol. The quantitative estimate of drug-likeness (QED) is 0.928. The van der Waals surface area contributed by atoms with Gasteiger partial charge in [0.15, 0.2) is 0 Å². The third kappa shape index (κ3) is 2.71. The van der Waals surface area contributed by atoms with Gasteiger partial charge in [0.25, 0.3) is 0 Å². The number of benzene rings is 1. The first-order valence-electron chi connectivity index (χ1n) is 6.66. The summed E-state index contributed by atoms with van der Waals surface area (Å²) in [5.41, 5.74) is 1.31. The summed E-state index contributed by atoms with van der Waals surface area (Å²) in [5, 5.41) is 3.72. The molecular formula is C14H19BrN2O. The van der Waals surface area contributed by atoms with Crippen molar-refractivity contribution in [3.63, 3.8) is 0 Å². The molecule has 1 N–H and O–H groups in total. The van der Waals surface area contributed by atoms with Crippen molar-refractivity contribution in [1.82, 2.24) is 5.32 Å². The van der Waals surface area contributed by atoms with Crippen LogP contribution in [0.4, 0.5) is 5.69 Å². The molecule has 2 heterocycles. The number of ether oxygens (including phenoxy) is 1. The molecule has 2 aliphatic rings. The first-order chi connectivity index (χ1) is 8.83. The van der Waals surface area contributed by atoms with Crippen molar-refractivity contribution in [2.24, 2.45) is 0 Å². The predicted molar refractivity (Wildman–Crippen MR) is 77.1 cm³/mol. The lowest BCUT2D eigenvalue weighted by Gasteiger charge is -2.21. The van der Waals surface area contributed by atoms with Crippen LogP contribution < -0.4 is 10.2 Å². The highest BCUT2D eigenvalue weighted by atomic mass is 79.9. The molecule has 2 aliphatic heterocycles. The zero-order valence-electron chi connectivity index (χ0n) is 10.4.